The Hall–Kier alpha value is -0.740. The standard InChI is InChI=1S/C18H11BrCl2INO3S/c1-23-17(24)15(27-18(23)25)6-9-4-12(19)16(14(22)5-9)26-8-10-2-3-11(20)7-13(10)21/h2-7H,8H2,1H3/b15-6-. The molecule has 0 N–H and O–H groups in total. The summed E-state index contributed by atoms with van der Waals surface area (Å²) in [5.74, 6) is 0.371. The molecule has 0 atom stereocenters. The predicted octanol–water partition coefficient (Wildman–Crippen LogP) is 6.61. The van der Waals surface area contributed by atoms with E-state index in [0.717, 1.165) is 35.8 Å². The molecule has 0 radical (unpaired) electrons. The van der Waals surface area contributed by atoms with Gasteiger partial charge in [0.05, 0.1) is 12.9 Å². The maximum Gasteiger partial charge on any atom is 0.293 e. The first-order valence-corrected chi connectivity index (χ1v) is 11.0. The third kappa shape index (κ3) is 4.82. The van der Waals surface area contributed by atoms with Gasteiger partial charge in [-0.2, -0.15) is 0 Å². The first kappa shape index (κ1) is 21.0. The van der Waals surface area contributed by atoms with Gasteiger partial charge in [0.2, 0.25) is 0 Å². The molecule has 1 heterocycles. The van der Waals surface area contributed by atoms with Crippen molar-refractivity contribution in [3.05, 3.63) is 64.5 Å². The van der Waals surface area contributed by atoms with E-state index in [4.69, 9.17) is 27.9 Å². The molecule has 1 saturated heterocycles. The van der Waals surface area contributed by atoms with E-state index in [0.29, 0.717) is 27.3 Å². The molecular weight excluding hydrogens is 588 g/mol. The summed E-state index contributed by atoms with van der Waals surface area (Å²) in [4.78, 5) is 25.1. The van der Waals surface area contributed by atoms with Crippen LogP contribution in [0.15, 0.2) is 39.7 Å². The maximum atomic E-state index is 12.0. The number of rotatable bonds is 4. The summed E-state index contributed by atoms with van der Waals surface area (Å²) in [5.41, 5.74) is 1.62. The molecule has 1 fully saturated rings. The van der Waals surface area contributed by atoms with Crippen LogP contribution in [0.2, 0.25) is 10.0 Å². The Balaban J connectivity index is 1.81. The van der Waals surface area contributed by atoms with Gasteiger partial charge in [-0.15, -0.1) is 0 Å². The highest BCUT2D eigenvalue weighted by Crippen LogP contribution is 2.36. The SMILES string of the molecule is CN1C(=O)S/C(=C\c2cc(Br)c(OCc3ccc(Cl)cc3Cl)c(I)c2)C1=O. The van der Waals surface area contributed by atoms with Gasteiger partial charge in [-0.25, -0.2) is 0 Å². The lowest BCUT2D eigenvalue weighted by Gasteiger charge is -2.12. The zero-order valence-electron chi connectivity index (χ0n) is 13.8. The quantitative estimate of drug-likeness (QED) is 0.294. The van der Waals surface area contributed by atoms with Crippen molar-refractivity contribution in [2.45, 2.75) is 6.61 Å². The second kappa shape index (κ2) is 8.73. The van der Waals surface area contributed by atoms with Crippen LogP contribution in [0.25, 0.3) is 6.08 Å². The fourth-order valence-corrected chi connectivity index (χ4v) is 5.35. The molecule has 0 saturated carbocycles. The molecular formula is C18H11BrCl2INO3S. The molecule has 0 bridgehead atoms. The molecule has 2 aromatic carbocycles. The van der Waals surface area contributed by atoms with Crippen LogP contribution in [-0.2, 0) is 11.4 Å². The number of likely N-dealkylation sites (N-methyl/N-ethyl adjacent to an activating group) is 1. The number of hydrogen-bond acceptors (Lipinski definition) is 4. The largest absolute Gasteiger partial charge is 0.487 e. The number of benzene rings is 2. The van der Waals surface area contributed by atoms with Crippen molar-refractivity contribution in [1.82, 2.24) is 4.90 Å². The number of thioether (sulfide) groups is 1. The number of halogens is 4. The number of amides is 2. The Morgan fingerprint density at radius 1 is 1.26 bits per heavy atom. The third-order valence-corrected chi connectivity index (χ3v) is 6.63. The van der Waals surface area contributed by atoms with Crippen molar-refractivity contribution < 1.29 is 14.3 Å². The Kier molecular flexibility index (Phi) is 6.79. The van der Waals surface area contributed by atoms with Gasteiger partial charge >= 0.3 is 0 Å². The van der Waals surface area contributed by atoms with E-state index in [9.17, 15) is 9.59 Å². The van der Waals surface area contributed by atoms with Gasteiger partial charge in [0.25, 0.3) is 11.1 Å². The smallest absolute Gasteiger partial charge is 0.293 e. The zero-order valence-corrected chi connectivity index (χ0v) is 19.8. The van der Waals surface area contributed by atoms with Crippen LogP contribution in [0.3, 0.4) is 0 Å². The van der Waals surface area contributed by atoms with Gasteiger partial charge in [-0.05, 0) is 86.2 Å². The predicted molar refractivity (Wildman–Crippen MR) is 121 cm³/mol. The minimum Gasteiger partial charge on any atom is -0.487 e. The molecule has 9 heteroatoms. The fraction of sp³-hybridized carbons (Fsp3) is 0.111. The number of carbonyl (C=O) groups excluding carboxylic acids is 2. The summed E-state index contributed by atoms with van der Waals surface area (Å²) in [6.45, 7) is 0.290. The summed E-state index contributed by atoms with van der Waals surface area (Å²) in [7, 11) is 1.47. The van der Waals surface area contributed by atoms with E-state index in [1.807, 2.05) is 18.2 Å². The number of nitrogens with zero attached hydrogens (tertiary/aromatic N) is 1. The minimum atomic E-state index is -0.297. The highest BCUT2D eigenvalue weighted by atomic mass is 127. The normalized spacial score (nSPS) is 15.7. The van der Waals surface area contributed by atoms with Gasteiger partial charge < -0.3 is 4.74 Å². The molecule has 0 aromatic heterocycles. The molecule has 2 amide bonds. The highest BCUT2D eigenvalue weighted by Gasteiger charge is 2.31. The molecule has 27 heavy (non-hydrogen) atoms. The van der Waals surface area contributed by atoms with E-state index < -0.39 is 0 Å². The van der Waals surface area contributed by atoms with Gasteiger partial charge in [0.15, 0.2) is 0 Å². The van der Waals surface area contributed by atoms with Crippen LogP contribution in [0.5, 0.6) is 5.75 Å². The molecule has 1 aliphatic rings. The Morgan fingerprint density at radius 2 is 2.00 bits per heavy atom. The van der Waals surface area contributed by atoms with E-state index >= 15 is 0 Å². The minimum absolute atomic E-state index is 0.278. The monoisotopic (exact) mass is 597 g/mol. The maximum absolute atomic E-state index is 12.0. The molecule has 2 aromatic rings. The highest BCUT2D eigenvalue weighted by molar-refractivity contribution is 14.1. The Bertz CT molecular complexity index is 960. The lowest BCUT2D eigenvalue weighted by Crippen LogP contribution is -2.22. The van der Waals surface area contributed by atoms with Crippen LogP contribution in [0.4, 0.5) is 4.79 Å². The number of carbonyl (C=O) groups is 2. The second-order valence-corrected chi connectivity index (χ2v) is 9.43. The summed E-state index contributed by atoms with van der Waals surface area (Å²) >= 11 is 18.7. The van der Waals surface area contributed by atoms with Gasteiger partial charge in [-0.3, -0.25) is 14.5 Å². The number of ether oxygens (including phenoxy) is 1. The second-order valence-electron chi connectivity index (χ2n) is 5.58. The molecule has 140 valence electrons. The summed E-state index contributed by atoms with van der Waals surface area (Å²) in [6, 6.07) is 8.97. The van der Waals surface area contributed by atoms with E-state index in [2.05, 4.69) is 38.5 Å². The van der Waals surface area contributed by atoms with Crippen molar-refractivity contribution in [2.75, 3.05) is 7.05 Å². The molecule has 0 aliphatic carbocycles. The van der Waals surface area contributed by atoms with Crippen molar-refractivity contribution >= 4 is 90.7 Å². The zero-order chi connectivity index (χ0) is 19.7. The fourth-order valence-electron chi connectivity index (χ4n) is 2.29. The van der Waals surface area contributed by atoms with Crippen molar-refractivity contribution in [3.63, 3.8) is 0 Å². The van der Waals surface area contributed by atoms with Gasteiger partial charge in [0, 0.05) is 22.7 Å². The number of hydrogen-bond donors (Lipinski definition) is 0. The Labute approximate surface area is 192 Å². The first-order valence-electron chi connectivity index (χ1n) is 7.53. The third-order valence-electron chi connectivity index (χ3n) is 3.69. The first-order chi connectivity index (χ1) is 12.8. The average molecular weight is 599 g/mol. The van der Waals surface area contributed by atoms with E-state index in [1.165, 1.54) is 7.05 Å². The van der Waals surface area contributed by atoms with Gasteiger partial charge in [0.1, 0.15) is 12.4 Å². The summed E-state index contributed by atoms with van der Waals surface area (Å²) in [5, 5.41) is 0.834. The van der Waals surface area contributed by atoms with Crippen LogP contribution in [0.1, 0.15) is 11.1 Å². The van der Waals surface area contributed by atoms with Crippen molar-refractivity contribution in [1.29, 1.82) is 0 Å². The summed E-state index contributed by atoms with van der Waals surface area (Å²) in [6.07, 6.45) is 1.70. The van der Waals surface area contributed by atoms with Crippen LogP contribution < -0.4 is 4.74 Å². The molecule has 3 rings (SSSR count). The number of imide groups is 1. The topological polar surface area (TPSA) is 46.6 Å². The Morgan fingerprint density at radius 3 is 2.59 bits per heavy atom. The van der Waals surface area contributed by atoms with E-state index in [1.54, 1.807) is 18.2 Å². The van der Waals surface area contributed by atoms with E-state index in [-0.39, 0.29) is 11.1 Å². The molecule has 1 aliphatic heterocycles. The average Bonchev–Trinajstić information content (AvgIpc) is 2.83. The molecule has 0 unspecified atom stereocenters. The molecule has 0 spiro atoms. The summed E-state index contributed by atoms with van der Waals surface area (Å²) < 4.78 is 7.51. The lowest BCUT2D eigenvalue weighted by atomic mass is 10.2. The lowest BCUT2D eigenvalue weighted by molar-refractivity contribution is -0.121. The van der Waals surface area contributed by atoms with Gasteiger partial charge in [-0.1, -0.05) is 29.3 Å². The van der Waals surface area contributed by atoms with Crippen LogP contribution >= 0.6 is 73.5 Å². The van der Waals surface area contributed by atoms with Crippen LogP contribution in [0, 0.1) is 3.57 Å². The molecule has 4 nitrogen and oxygen atoms in total. The van der Waals surface area contributed by atoms with Crippen molar-refractivity contribution in [3.8, 4) is 5.75 Å². The van der Waals surface area contributed by atoms with Crippen molar-refractivity contribution in [2.24, 2.45) is 0 Å². The van der Waals surface area contributed by atoms with Crippen LogP contribution in [-0.4, -0.2) is 23.1 Å².